The molecule has 5 heteroatoms. The first-order valence-electron chi connectivity index (χ1n) is 5.64. The number of nitrogens with one attached hydrogen (secondary N) is 1. The molecule has 0 saturated carbocycles. The molecule has 2 nitrogen and oxygen atoms in total. The summed E-state index contributed by atoms with van der Waals surface area (Å²) in [5.74, 6) is -0.0916. The monoisotopic (exact) mass is 315 g/mol. The number of halogens is 3. The number of hydrogen-bond acceptors (Lipinski definition) is 2. The number of anilines is 1. The minimum Gasteiger partial charge on any atom is -0.505 e. The Morgan fingerprint density at radius 3 is 2.32 bits per heavy atom. The number of aromatic hydroxyl groups is 1. The van der Waals surface area contributed by atoms with Crippen molar-refractivity contribution >= 4 is 40.5 Å². The van der Waals surface area contributed by atoms with E-state index in [1.807, 2.05) is 25.1 Å². The summed E-state index contributed by atoms with van der Waals surface area (Å²) >= 11 is 17.7. The van der Waals surface area contributed by atoms with E-state index in [2.05, 4.69) is 5.32 Å². The number of benzene rings is 2. The SMILES string of the molecule is Cc1ccc(Cl)cc1NCc1cc(Cl)c(O)c(Cl)c1. The second-order valence-corrected chi connectivity index (χ2v) is 5.47. The molecule has 0 aliphatic heterocycles. The van der Waals surface area contributed by atoms with Crippen molar-refractivity contribution in [3.63, 3.8) is 0 Å². The van der Waals surface area contributed by atoms with Gasteiger partial charge in [0.15, 0.2) is 5.75 Å². The zero-order valence-electron chi connectivity index (χ0n) is 10.2. The van der Waals surface area contributed by atoms with E-state index in [1.165, 1.54) is 0 Å². The van der Waals surface area contributed by atoms with Gasteiger partial charge in [0.1, 0.15) is 0 Å². The Kier molecular flexibility index (Phi) is 4.46. The number of rotatable bonds is 3. The molecule has 0 saturated heterocycles. The van der Waals surface area contributed by atoms with Gasteiger partial charge >= 0.3 is 0 Å². The topological polar surface area (TPSA) is 32.3 Å². The van der Waals surface area contributed by atoms with E-state index < -0.39 is 0 Å². The summed E-state index contributed by atoms with van der Waals surface area (Å²) in [6.07, 6.45) is 0. The summed E-state index contributed by atoms with van der Waals surface area (Å²) in [6, 6.07) is 9.00. The molecule has 2 aromatic carbocycles. The van der Waals surface area contributed by atoms with Crippen LogP contribution >= 0.6 is 34.8 Å². The summed E-state index contributed by atoms with van der Waals surface area (Å²) < 4.78 is 0. The third-order valence-corrected chi connectivity index (χ3v) is 3.57. The van der Waals surface area contributed by atoms with Crippen molar-refractivity contribution in [3.05, 3.63) is 56.5 Å². The van der Waals surface area contributed by atoms with Crippen LogP contribution in [0.2, 0.25) is 15.1 Å². The van der Waals surface area contributed by atoms with Gasteiger partial charge in [0.05, 0.1) is 10.0 Å². The Bertz CT molecular complexity index is 591. The molecule has 2 rings (SSSR count). The van der Waals surface area contributed by atoms with Gasteiger partial charge in [-0.1, -0.05) is 40.9 Å². The second kappa shape index (κ2) is 5.91. The molecule has 0 spiro atoms. The molecular weight excluding hydrogens is 305 g/mol. The van der Waals surface area contributed by atoms with Crippen molar-refractivity contribution in [1.82, 2.24) is 0 Å². The van der Waals surface area contributed by atoms with Gasteiger partial charge < -0.3 is 10.4 Å². The van der Waals surface area contributed by atoms with Gasteiger partial charge in [0.2, 0.25) is 0 Å². The molecular formula is C14H12Cl3NO. The first-order chi connectivity index (χ1) is 8.97. The van der Waals surface area contributed by atoms with Crippen LogP contribution in [0, 0.1) is 6.92 Å². The van der Waals surface area contributed by atoms with Crippen molar-refractivity contribution in [2.24, 2.45) is 0 Å². The molecule has 0 aliphatic rings. The van der Waals surface area contributed by atoms with Crippen molar-refractivity contribution < 1.29 is 5.11 Å². The maximum absolute atomic E-state index is 9.49. The highest BCUT2D eigenvalue weighted by atomic mass is 35.5. The second-order valence-electron chi connectivity index (χ2n) is 4.22. The average Bonchev–Trinajstić information content (AvgIpc) is 2.37. The van der Waals surface area contributed by atoms with Crippen LogP contribution in [0.1, 0.15) is 11.1 Å². The molecule has 2 N–H and O–H groups in total. The maximum Gasteiger partial charge on any atom is 0.152 e. The molecule has 100 valence electrons. The number of phenolic OH excluding ortho intramolecular Hbond substituents is 1. The molecule has 0 aromatic heterocycles. The number of phenols is 1. The Morgan fingerprint density at radius 2 is 1.68 bits per heavy atom. The van der Waals surface area contributed by atoms with Crippen molar-refractivity contribution in [1.29, 1.82) is 0 Å². The first-order valence-corrected chi connectivity index (χ1v) is 6.77. The molecule has 0 heterocycles. The van der Waals surface area contributed by atoms with Crippen LogP contribution < -0.4 is 5.32 Å². The Hall–Kier alpha value is -1.09. The van der Waals surface area contributed by atoms with Gasteiger partial charge in [0.25, 0.3) is 0 Å². The van der Waals surface area contributed by atoms with Gasteiger partial charge in [-0.15, -0.1) is 0 Å². The van der Waals surface area contributed by atoms with Crippen molar-refractivity contribution in [3.8, 4) is 5.75 Å². The molecule has 0 amide bonds. The molecule has 0 aliphatic carbocycles. The fourth-order valence-corrected chi connectivity index (χ4v) is 2.41. The fourth-order valence-electron chi connectivity index (χ4n) is 1.70. The smallest absolute Gasteiger partial charge is 0.152 e. The maximum atomic E-state index is 9.49. The Balaban J connectivity index is 2.17. The minimum absolute atomic E-state index is 0.0916. The Morgan fingerprint density at radius 1 is 1.05 bits per heavy atom. The van der Waals surface area contributed by atoms with Gasteiger partial charge in [-0.3, -0.25) is 0 Å². The van der Waals surface area contributed by atoms with E-state index in [0.717, 1.165) is 16.8 Å². The number of hydrogen-bond donors (Lipinski definition) is 2. The van der Waals surface area contributed by atoms with Crippen LogP contribution in [0.3, 0.4) is 0 Å². The van der Waals surface area contributed by atoms with E-state index in [9.17, 15) is 5.11 Å². The quantitative estimate of drug-likeness (QED) is 0.808. The van der Waals surface area contributed by atoms with Crippen molar-refractivity contribution in [2.45, 2.75) is 13.5 Å². The fraction of sp³-hybridized carbons (Fsp3) is 0.143. The largest absolute Gasteiger partial charge is 0.505 e. The molecule has 0 unspecified atom stereocenters. The van der Waals surface area contributed by atoms with Crippen LogP contribution in [0.4, 0.5) is 5.69 Å². The summed E-state index contributed by atoms with van der Waals surface area (Å²) in [6.45, 7) is 2.54. The lowest BCUT2D eigenvalue weighted by Gasteiger charge is -2.11. The van der Waals surface area contributed by atoms with Gasteiger partial charge in [-0.25, -0.2) is 0 Å². The molecule has 2 aromatic rings. The van der Waals surface area contributed by atoms with E-state index in [-0.39, 0.29) is 15.8 Å². The average molecular weight is 317 g/mol. The highest BCUT2D eigenvalue weighted by molar-refractivity contribution is 6.37. The molecule has 19 heavy (non-hydrogen) atoms. The van der Waals surface area contributed by atoms with E-state index in [4.69, 9.17) is 34.8 Å². The molecule has 0 atom stereocenters. The third-order valence-electron chi connectivity index (χ3n) is 2.76. The molecule has 0 radical (unpaired) electrons. The van der Waals surface area contributed by atoms with E-state index in [1.54, 1.807) is 12.1 Å². The third kappa shape index (κ3) is 3.47. The summed E-state index contributed by atoms with van der Waals surface area (Å²) in [5, 5.41) is 13.9. The minimum atomic E-state index is -0.0916. The lowest BCUT2D eigenvalue weighted by Crippen LogP contribution is -2.01. The molecule has 0 bridgehead atoms. The number of aryl methyl sites for hydroxylation is 1. The molecule has 0 fully saturated rings. The van der Waals surface area contributed by atoms with E-state index >= 15 is 0 Å². The van der Waals surface area contributed by atoms with Crippen LogP contribution in [0.5, 0.6) is 5.75 Å². The summed E-state index contributed by atoms with van der Waals surface area (Å²) in [5.41, 5.74) is 2.93. The first kappa shape index (κ1) is 14.3. The van der Waals surface area contributed by atoms with E-state index in [0.29, 0.717) is 11.6 Å². The van der Waals surface area contributed by atoms with Crippen LogP contribution in [-0.2, 0) is 6.54 Å². The normalized spacial score (nSPS) is 10.5. The highest BCUT2D eigenvalue weighted by Gasteiger charge is 2.07. The lowest BCUT2D eigenvalue weighted by molar-refractivity contribution is 0.475. The van der Waals surface area contributed by atoms with Crippen LogP contribution in [0.25, 0.3) is 0 Å². The summed E-state index contributed by atoms with van der Waals surface area (Å²) in [4.78, 5) is 0. The Labute approximate surface area is 126 Å². The zero-order chi connectivity index (χ0) is 14.0. The van der Waals surface area contributed by atoms with Crippen molar-refractivity contribution in [2.75, 3.05) is 5.32 Å². The van der Waals surface area contributed by atoms with Gasteiger partial charge in [0, 0.05) is 17.3 Å². The van der Waals surface area contributed by atoms with Crippen LogP contribution in [-0.4, -0.2) is 5.11 Å². The zero-order valence-corrected chi connectivity index (χ0v) is 12.4. The van der Waals surface area contributed by atoms with Crippen LogP contribution in [0.15, 0.2) is 30.3 Å². The predicted molar refractivity (Wildman–Crippen MR) is 81.6 cm³/mol. The summed E-state index contributed by atoms with van der Waals surface area (Å²) in [7, 11) is 0. The highest BCUT2D eigenvalue weighted by Crippen LogP contribution is 2.33. The van der Waals surface area contributed by atoms with Gasteiger partial charge in [-0.2, -0.15) is 0 Å². The standard InChI is InChI=1S/C14H12Cl3NO/c1-8-2-3-10(15)6-13(8)18-7-9-4-11(16)14(19)12(17)5-9/h2-6,18-19H,7H2,1H3. The predicted octanol–water partition coefficient (Wildman–Crippen LogP) is 5.27. The van der Waals surface area contributed by atoms with Gasteiger partial charge in [-0.05, 0) is 42.3 Å². The lowest BCUT2D eigenvalue weighted by atomic mass is 10.1.